The van der Waals surface area contributed by atoms with Gasteiger partial charge in [-0.05, 0) is 37.8 Å². The van der Waals surface area contributed by atoms with Crippen molar-refractivity contribution in [1.29, 1.82) is 0 Å². The number of ether oxygens (including phenoxy) is 5. The van der Waals surface area contributed by atoms with Gasteiger partial charge in [-0.15, -0.1) is 0 Å². The molecule has 0 N–H and O–H groups in total. The second-order valence-corrected chi connectivity index (χ2v) is 7.52. The third kappa shape index (κ3) is 10.8. The van der Waals surface area contributed by atoms with Gasteiger partial charge in [0.1, 0.15) is 0 Å². The van der Waals surface area contributed by atoms with Crippen LogP contribution in [0.5, 0.6) is 0 Å². The number of hydrogen-bond acceptors (Lipinski definition) is 11. The number of cyclic esters (lactones) is 6. The largest absolute Gasteiger partial charge is 0.466 e. The normalized spacial score (nSPS) is 19.0. The molecule has 0 radical (unpaired) electrons. The molecule has 190 valence electrons. The van der Waals surface area contributed by atoms with Gasteiger partial charge < -0.3 is 23.7 Å². The molecule has 0 aliphatic carbocycles. The Bertz CT molecular complexity index is 777. The molecule has 6 rings (SSSR count). The zero-order valence-electron chi connectivity index (χ0n) is 19.3. The van der Waals surface area contributed by atoms with Gasteiger partial charge in [0, 0.05) is 25.7 Å². The Hall–Kier alpha value is -3.76. The maximum absolute atomic E-state index is 10.8. The van der Waals surface area contributed by atoms with Gasteiger partial charge in [0.15, 0.2) is 0 Å². The van der Waals surface area contributed by atoms with Crippen molar-refractivity contribution >= 4 is 35.8 Å². The monoisotopic (exact) mass is 492 g/mol. The maximum Gasteiger partial charge on any atom is 0.346 e. The van der Waals surface area contributed by atoms with Crippen molar-refractivity contribution in [2.45, 2.75) is 51.4 Å². The van der Waals surface area contributed by atoms with Crippen LogP contribution in [0.15, 0.2) is 24.3 Å². The number of carbonyl (C=O) groups excluding carboxylic acids is 6. The third-order valence-corrected chi connectivity index (χ3v) is 4.71. The summed E-state index contributed by atoms with van der Waals surface area (Å²) in [6.07, 6.45) is 6.16. The highest BCUT2D eigenvalue weighted by molar-refractivity contribution is 6.14. The summed E-state index contributed by atoms with van der Waals surface area (Å²) in [7, 11) is 0. The zero-order chi connectivity index (χ0) is 25.5. The van der Waals surface area contributed by atoms with Gasteiger partial charge >= 0.3 is 35.8 Å². The minimum absolute atomic E-state index is 0.0463. The van der Waals surface area contributed by atoms with Crippen LogP contribution in [0, 0.1) is 0 Å². The highest BCUT2D eigenvalue weighted by Crippen LogP contribution is 2.18. The summed E-state index contributed by atoms with van der Waals surface area (Å²) >= 11 is 0. The van der Waals surface area contributed by atoms with Crippen LogP contribution in [0.2, 0.25) is 0 Å². The lowest BCUT2D eigenvalue weighted by molar-refractivity contribution is -0.138. The average molecular weight is 492 g/mol. The van der Waals surface area contributed by atoms with Crippen molar-refractivity contribution in [1.82, 2.24) is 0 Å². The molecule has 4 fully saturated rings. The molecule has 1 aromatic carbocycles. The fourth-order valence-corrected chi connectivity index (χ4v) is 2.93. The summed E-state index contributed by atoms with van der Waals surface area (Å²) < 4.78 is 22.4. The Labute approximate surface area is 202 Å². The van der Waals surface area contributed by atoms with Gasteiger partial charge in [-0.25, -0.2) is 9.59 Å². The Morgan fingerprint density at radius 2 is 0.743 bits per heavy atom. The molecule has 11 nitrogen and oxygen atoms in total. The molecule has 5 aliphatic heterocycles. The van der Waals surface area contributed by atoms with Crippen molar-refractivity contribution in [2.24, 2.45) is 0 Å². The number of hydrogen-bond donors (Lipinski definition) is 0. The molecule has 5 heterocycles. The molecule has 5 aliphatic rings. The fraction of sp³-hybridized carbons (Fsp3) is 0.500. The summed E-state index contributed by atoms with van der Waals surface area (Å²) in [5.41, 5.74) is 0.718. The first-order chi connectivity index (χ1) is 16.9. The molecule has 0 saturated carbocycles. The van der Waals surface area contributed by atoms with E-state index in [9.17, 15) is 28.8 Å². The van der Waals surface area contributed by atoms with E-state index in [0.29, 0.717) is 63.2 Å². The second kappa shape index (κ2) is 15.2. The number of fused-ring (bicyclic) bond motifs is 1. The van der Waals surface area contributed by atoms with Gasteiger partial charge in [0.2, 0.25) is 0 Å². The van der Waals surface area contributed by atoms with E-state index in [2.05, 4.69) is 23.7 Å². The van der Waals surface area contributed by atoms with E-state index < -0.39 is 11.9 Å². The number of esters is 6. The van der Waals surface area contributed by atoms with Crippen LogP contribution >= 0.6 is 0 Å². The number of benzene rings is 1. The van der Waals surface area contributed by atoms with Gasteiger partial charge in [-0.1, -0.05) is 12.1 Å². The predicted molar refractivity (Wildman–Crippen MR) is 117 cm³/mol. The summed E-state index contributed by atoms with van der Waals surface area (Å²) in [6, 6.07) is 6.53. The Kier molecular flexibility index (Phi) is 11.9. The molecular formula is C24H28O11. The van der Waals surface area contributed by atoms with Gasteiger partial charge in [-0.3, -0.25) is 19.2 Å². The number of carbonyl (C=O) groups is 6. The molecule has 0 bridgehead atoms. The Balaban J connectivity index is 0.000000159. The Morgan fingerprint density at radius 1 is 0.457 bits per heavy atom. The van der Waals surface area contributed by atoms with Crippen LogP contribution < -0.4 is 0 Å². The first-order valence-electron chi connectivity index (χ1n) is 11.3. The van der Waals surface area contributed by atoms with E-state index in [4.69, 9.17) is 0 Å². The SMILES string of the molecule is O=C1CCCO1.O=C1CCCO1.O=C1CCCO1.O=C1CCCO1.O=C1OC(=O)c2ccccc21. The van der Waals surface area contributed by atoms with Crippen LogP contribution in [0.25, 0.3) is 0 Å². The minimum atomic E-state index is -0.550. The number of rotatable bonds is 0. The van der Waals surface area contributed by atoms with Crippen LogP contribution in [0.4, 0.5) is 0 Å². The molecule has 0 atom stereocenters. The fourth-order valence-electron chi connectivity index (χ4n) is 2.93. The van der Waals surface area contributed by atoms with E-state index >= 15 is 0 Å². The lowest BCUT2D eigenvalue weighted by Gasteiger charge is -1.86. The summed E-state index contributed by atoms with van der Waals surface area (Å²) in [5.74, 6) is -1.29. The van der Waals surface area contributed by atoms with Crippen LogP contribution in [-0.2, 0) is 42.9 Å². The lowest BCUT2D eigenvalue weighted by atomic mass is 10.1. The first kappa shape index (κ1) is 27.5. The smallest absolute Gasteiger partial charge is 0.346 e. The van der Waals surface area contributed by atoms with Crippen LogP contribution in [0.1, 0.15) is 72.1 Å². The van der Waals surface area contributed by atoms with Crippen molar-refractivity contribution in [3.63, 3.8) is 0 Å². The molecule has 0 spiro atoms. The molecule has 35 heavy (non-hydrogen) atoms. The summed E-state index contributed by atoms with van der Waals surface area (Å²) in [4.78, 5) is 61.7. The molecular weight excluding hydrogens is 464 g/mol. The standard InChI is InChI=1S/C8H4O3.4C4H6O2/c9-7-5-3-1-2-4-6(5)8(10)11-7;4*5-4-2-1-3-6-4/h1-4H;4*1-3H2. The van der Waals surface area contributed by atoms with Crippen molar-refractivity contribution in [3.05, 3.63) is 35.4 Å². The van der Waals surface area contributed by atoms with E-state index in [1.165, 1.54) is 0 Å². The molecule has 0 amide bonds. The summed E-state index contributed by atoms with van der Waals surface area (Å²) in [6.45, 7) is 2.55. The van der Waals surface area contributed by atoms with E-state index in [1.54, 1.807) is 24.3 Å². The lowest BCUT2D eigenvalue weighted by Crippen LogP contribution is -1.96. The quantitative estimate of drug-likeness (QED) is 0.298. The van der Waals surface area contributed by atoms with Crippen molar-refractivity contribution in [3.8, 4) is 0 Å². The second-order valence-electron chi connectivity index (χ2n) is 7.52. The topological polar surface area (TPSA) is 149 Å². The highest BCUT2D eigenvalue weighted by atomic mass is 16.6. The molecule has 4 saturated heterocycles. The highest BCUT2D eigenvalue weighted by Gasteiger charge is 2.28. The van der Waals surface area contributed by atoms with Crippen molar-refractivity contribution in [2.75, 3.05) is 26.4 Å². The van der Waals surface area contributed by atoms with Gasteiger partial charge in [0.25, 0.3) is 0 Å². The molecule has 0 aromatic heterocycles. The summed E-state index contributed by atoms with van der Waals surface area (Å²) in [5, 5.41) is 0. The maximum atomic E-state index is 10.8. The predicted octanol–water partition coefficient (Wildman–Crippen LogP) is 2.29. The molecule has 1 aromatic rings. The Morgan fingerprint density at radius 3 is 0.914 bits per heavy atom. The van der Waals surface area contributed by atoms with E-state index in [-0.39, 0.29) is 23.9 Å². The van der Waals surface area contributed by atoms with E-state index in [1.807, 2.05) is 0 Å². The molecule has 11 heteroatoms. The van der Waals surface area contributed by atoms with Crippen LogP contribution in [-0.4, -0.2) is 62.2 Å². The minimum Gasteiger partial charge on any atom is -0.466 e. The van der Waals surface area contributed by atoms with Gasteiger partial charge in [-0.2, -0.15) is 0 Å². The average Bonchev–Trinajstić information content (AvgIpc) is 3.67. The molecule has 0 unspecified atom stereocenters. The van der Waals surface area contributed by atoms with E-state index in [0.717, 1.165) is 25.7 Å². The first-order valence-corrected chi connectivity index (χ1v) is 11.3. The van der Waals surface area contributed by atoms with Crippen molar-refractivity contribution < 1.29 is 52.5 Å². The van der Waals surface area contributed by atoms with Crippen LogP contribution in [0.3, 0.4) is 0 Å². The zero-order valence-corrected chi connectivity index (χ0v) is 19.3. The third-order valence-electron chi connectivity index (χ3n) is 4.71. The van der Waals surface area contributed by atoms with Gasteiger partial charge in [0.05, 0.1) is 37.6 Å².